The van der Waals surface area contributed by atoms with E-state index in [9.17, 15) is 0 Å². The van der Waals surface area contributed by atoms with Crippen LogP contribution in [-0.4, -0.2) is 12.6 Å². The summed E-state index contributed by atoms with van der Waals surface area (Å²) in [4.78, 5) is 0. The summed E-state index contributed by atoms with van der Waals surface area (Å²) in [6.45, 7) is 0. The molecule has 0 aliphatic heterocycles. The molecule has 8 heavy (non-hydrogen) atoms. The Hall–Kier alpha value is 1.26. The van der Waals surface area contributed by atoms with Gasteiger partial charge in [-0.1, -0.05) is 11.8 Å². The summed E-state index contributed by atoms with van der Waals surface area (Å²) >= 11 is 6.69. The van der Waals surface area contributed by atoms with Gasteiger partial charge in [0.2, 0.25) is 0 Å². The third-order valence-electron chi connectivity index (χ3n) is 0.682. The summed E-state index contributed by atoms with van der Waals surface area (Å²) in [6.07, 6.45) is -1.01. The van der Waals surface area contributed by atoms with Crippen molar-refractivity contribution in [3.05, 3.63) is 0 Å². The molecule has 0 aliphatic carbocycles. The lowest BCUT2D eigenvalue weighted by atomic mass is 11.5. The summed E-state index contributed by atoms with van der Waals surface area (Å²) in [7, 11) is 0. The van der Waals surface area contributed by atoms with Gasteiger partial charge in [0.25, 0.3) is 0 Å². The number of hydrogen-bond donors (Lipinski definition) is 2. The highest BCUT2D eigenvalue weighted by molar-refractivity contribution is 14.1. The van der Waals surface area contributed by atoms with Crippen LogP contribution in [0.3, 0.4) is 0 Å². The molecule has 0 aliphatic rings. The van der Waals surface area contributed by atoms with Crippen molar-refractivity contribution in [2.45, 2.75) is 0 Å². The minimum atomic E-state index is -1.79. The molecule has 50 valence electrons. The standard InChI is InChI=1S/C2H8IN2OPS/c3-6-7(8,1-4)2-5/h1-2,4-5H2. The van der Waals surface area contributed by atoms with E-state index < -0.39 is 6.26 Å². The molecule has 0 amide bonds. The quantitative estimate of drug-likeness (QED) is 0.579. The molecule has 0 radical (unpaired) electrons. The molecule has 0 unspecified atom stereocenters. The number of rotatable bonds is 3. The minimum absolute atomic E-state index is 0.391. The lowest BCUT2D eigenvalue weighted by molar-refractivity contribution is 0.788. The summed E-state index contributed by atoms with van der Waals surface area (Å²) in [5, 5.41) is 0. The maximum atomic E-state index is 5.26. The Bertz CT molecular complexity index is 91.2. The first-order valence-corrected chi connectivity index (χ1v) is 5.94. The molecule has 0 aromatic rings. The fraction of sp³-hybridized carbons (Fsp3) is 1.00. The van der Waals surface area contributed by atoms with E-state index in [0.717, 1.165) is 0 Å². The Morgan fingerprint density at radius 1 is 1.50 bits per heavy atom. The topological polar surface area (TPSA) is 61.3 Å². The molecule has 0 heterocycles. The minimum Gasteiger partial charge on any atom is -0.324 e. The van der Waals surface area contributed by atoms with Crippen LogP contribution in [0.1, 0.15) is 0 Å². The third-order valence-corrected chi connectivity index (χ3v) is 6.23. The van der Waals surface area contributed by atoms with E-state index in [0.29, 0.717) is 12.6 Å². The molecule has 6 heteroatoms. The van der Waals surface area contributed by atoms with Crippen molar-refractivity contribution in [1.29, 1.82) is 0 Å². The highest BCUT2D eigenvalue weighted by Crippen LogP contribution is 2.45. The van der Waals surface area contributed by atoms with Crippen LogP contribution in [0.2, 0.25) is 0 Å². The Balaban J connectivity index is 3.79. The summed E-state index contributed by atoms with van der Waals surface area (Å²) in [5.41, 5.74) is 10.5. The monoisotopic (exact) mass is 266 g/mol. The smallest absolute Gasteiger partial charge is 0.114 e. The molecule has 0 bridgehead atoms. The van der Waals surface area contributed by atoms with Gasteiger partial charge in [-0.25, -0.2) is 0 Å². The van der Waals surface area contributed by atoms with Crippen LogP contribution in [0.5, 0.6) is 0 Å². The summed E-state index contributed by atoms with van der Waals surface area (Å²) in [6, 6.07) is 0. The molecule has 0 saturated carbocycles. The molecule has 4 N–H and O–H groups in total. The third kappa shape index (κ3) is 2.70. The van der Waals surface area contributed by atoms with Gasteiger partial charge < -0.3 is 11.5 Å². The normalized spacial score (nSPS) is 11.9. The van der Waals surface area contributed by atoms with Crippen LogP contribution in [-0.2, 0) is 14.7 Å². The van der Waals surface area contributed by atoms with Gasteiger partial charge in [-0.2, -0.15) is 0 Å². The van der Waals surface area contributed by atoms with Crippen molar-refractivity contribution in [3.63, 3.8) is 0 Å². The van der Waals surface area contributed by atoms with Crippen molar-refractivity contribution >= 4 is 41.1 Å². The molecule has 0 aromatic carbocycles. The first kappa shape index (κ1) is 9.26. The molecular weight excluding hydrogens is 258 g/mol. The van der Waals surface area contributed by atoms with Crippen molar-refractivity contribution in [2.75, 3.05) is 12.6 Å². The number of halogens is 1. The average molecular weight is 266 g/mol. The van der Waals surface area contributed by atoms with E-state index in [1.165, 1.54) is 0 Å². The fourth-order valence-corrected chi connectivity index (χ4v) is 1.36. The van der Waals surface area contributed by atoms with E-state index in [1.54, 1.807) is 23.0 Å². The molecule has 0 aromatic heterocycles. The average Bonchev–Trinajstić information content (AvgIpc) is 1.87. The lowest BCUT2D eigenvalue weighted by Crippen LogP contribution is -2.09. The van der Waals surface area contributed by atoms with E-state index in [1.807, 2.05) is 0 Å². The molecule has 0 atom stereocenters. The number of hydrogen-bond acceptors (Lipinski definition) is 4. The lowest BCUT2D eigenvalue weighted by Gasteiger charge is -2.11. The van der Waals surface area contributed by atoms with Crippen LogP contribution in [0.25, 0.3) is 0 Å². The highest BCUT2D eigenvalue weighted by Gasteiger charge is 2.10. The van der Waals surface area contributed by atoms with Crippen LogP contribution in [0.15, 0.2) is 0 Å². The first-order chi connectivity index (χ1) is 3.68. The maximum Gasteiger partial charge on any atom is 0.114 e. The van der Waals surface area contributed by atoms with E-state index in [2.05, 4.69) is 0 Å². The van der Waals surface area contributed by atoms with E-state index in [4.69, 9.17) is 26.1 Å². The van der Waals surface area contributed by atoms with E-state index in [-0.39, 0.29) is 0 Å². The van der Waals surface area contributed by atoms with Gasteiger partial charge in [0, 0.05) is 12.6 Å². The summed E-state index contributed by atoms with van der Waals surface area (Å²) < 4.78 is 4.88. The fourth-order valence-electron chi connectivity index (χ4n) is 0.131. The zero-order valence-corrected chi connectivity index (χ0v) is 8.08. The van der Waals surface area contributed by atoms with Gasteiger partial charge in [-0.15, -0.1) is 0 Å². The molecule has 3 nitrogen and oxygen atoms in total. The number of nitrogens with two attached hydrogens (primary N) is 2. The van der Waals surface area contributed by atoms with Crippen molar-refractivity contribution < 1.29 is 2.85 Å². The molecule has 0 rings (SSSR count). The Morgan fingerprint density at radius 3 is 1.88 bits per heavy atom. The van der Waals surface area contributed by atoms with Gasteiger partial charge >= 0.3 is 0 Å². The van der Waals surface area contributed by atoms with Crippen molar-refractivity contribution in [3.8, 4) is 0 Å². The predicted molar refractivity (Wildman–Crippen MR) is 47.5 cm³/mol. The zero-order chi connectivity index (χ0) is 6.62. The van der Waals surface area contributed by atoms with Crippen LogP contribution < -0.4 is 11.5 Å². The second-order valence-corrected chi connectivity index (χ2v) is 6.92. The molecule has 0 spiro atoms. The van der Waals surface area contributed by atoms with Gasteiger partial charge in [-0.05, 0) is 0 Å². The van der Waals surface area contributed by atoms with Gasteiger partial charge in [0.05, 0.1) is 0 Å². The van der Waals surface area contributed by atoms with Gasteiger partial charge in [0.1, 0.15) is 29.3 Å². The summed E-state index contributed by atoms with van der Waals surface area (Å²) in [5.74, 6) is 0. The SMILES string of the molecule is NCP(=S)(CN)OI. The predicted octanol–water partition coefficient (Wildman–Crippen LogP) is 0.580. The molecule has 0 saturated heterocycles. The van der Waals surface area contributed by atoms with E-state index >= 15 is 0 Å². The Morgan fingerprint density at radius 2 is 1.88 bits per heavy atom. The van der Waals surface area contributed by atoms with Crippen molar-refractivity contribution in [1.82, 2.24) is 0 Å². The largest absolute Gasteiger partial charge is 0.324 e. The highest BCUT2D eigenvalue weighted by atomic mass is 127. The maximum absolute atomic E-state index is 5.26. The van der Waals surface area contributed by atoms with Crippen molar-refractivity contribution in [2.24, 2.45) is 11.5 Å². The Labute approximate surface area is 67.9 Å². The van der Waals surface area contributed by atoms with Gasteiger partial charge in [-0.3, -0.25) is 2.85 Å². The zero-order valence-electron chi connectivity index (χ0n) is 4.21. The molecule has 0 fully saturated rings. The second-order valence-electron chi connectivity index (χ2n) is 1.25. The van der Waals surface area contributed by atoms with Crippen LogP contribution >= 0.6 is 29.3 Å². The van der Waals surface area contributed by atoms with Gasteiger partial charge in [0.15, 0.2) is 0 Å². The first-order valence-electron chi connectivity index (χ1n) is 1.97. The van der Waals surface area contributed by atoms with Crippen LogP contribution in [0.4, 0.5) is 0 Å². The van der Waals surface area contributed by atoms with Crippen LogP contribution in [0, 0.1) is 0 Å². The Kier molecular flexibility index (Phi) is 4.79. The molecular formula is C2H8IN2OPS. The second kappa shape index (κ2) is 4.14.